The highest BCUT2D eigenvalue weighted by Crippen LogP contribution is 2.36. The number of hydrogen-bond acceptors (Lipinski definition) is 6. The van der Waals surface area contributed by atoms with Crippen LogP contribution >= 0.6 is 11.6 Å². The number of anilines is 1. The zero-order chi connectivity index (χ0) is 21.9. The van der Waals surface area contributed by atoms with E-state index in [1.54, 1.807) is 6.92 Å². The molecule has 11 heteroatoms. The average Bonchev–Trinajstić information content (AvgIpc) is 2.82. The second-order valence-electron chi connectivity index (χ2n) is 6.15. The second kappa shape index (κ2) is 8.64. The van der Waals surface area contributed by atoms with Crippen molar-refractivity contribution in [3.8, 4) is 11.8 Å². The molecule has 0 spiro atoms. The van der Waals surface area contributed by atoms with E-state index in [-0.39, 0.29) is 23.0 Å². The lowest BCUT2D eigenvalue weighted by atomic mass is 10.2. The normalized spacial score (nSPS) is 12.9. The SMILES string of the molecule is CCC(C)OC(=O)C=Cc1c(C)c(O)n(Nc2ccc(C(F)(F)F)c(Cl)n2)c1O. The van der Waals surface area contributed by atoms with Gasteiger partial charge in [0.05, 0.1) is 11.7 Å². The molecule has 0 amide bonds. The third kappa shape index (κ3) is 5.14. The quantitative estimate of drug-likeness (QED) is 0.352. The number of aromatic nitrogens is 2. The van der Waals surface area contributed by atoms with Crippen molar-refractivity contribution in [3.63, 3.8) is 0 Å². The van der Waals surface area contributed by atoms with Crippen LogP contribution in [0.1, 0.15) is 37.0 Å². The summed E-state index contributed by atoms with van der Waals surface area (Å²) >= 11 is 5.57. The van der Waals surface area contributed by atoms with Crippen molar-refractivity contribution in [2.45, 2.75) is 39.5 Å². The molecule has 1 atom stereocenters. The Balaban J connectivity index is 2.29. The number of nitrogens with one attached hydrogen (secondary N) is 1. The van der Waals surface area contributed by atoms with Crippen LogP contribution in [0.3, 0.4) is 0 Å². The van der Waals surface area contributed by atoms with Crippen LogP contribution < -0.4 is 5.43 Å². The Hall–Kier alpha value is -2.88. The Bertz CT molecular complexity index is 941. The molecular formula is C18H19ClF3N3O4. The second-order valence-corrected chi connectivity index (χ2v) is 6.51. The van der Waals surface area contributed by atoms with Crippen molar-refractivity contribution in [2.75, 3.05) is 5.43 Å². The van der Waals surface area contributed by atoms with Crippen LogP contribution in [-0.2, 0) is 15.7 Å². The number of ether oxygens (including phenoxy) is 1. The number of aromatic hydroxyl groups is 2. The lowest BCUT2D eigenvalue weighted by Crippen LogP contribution is -2.12. The van der Waals surface area contributed by atoms with E-state index in [9.17, 15) is 28.2 Å². The van der Waals surface area contributed by atoms with Crippen molar-refractivity contribution in [1.29, 1.82) is 0 Å². The van der Waals surface area contributed by atoms with Crippen LogP contribution in [0.5, 0.6) is 11.8 Å². The van der Waals surface area contributed by atoms with Crippen molar-refractivity contribution in [2.24, 2.45) is 0 Å². The standard InChI is InChI=1S/C18H19ClF3N3O4/c1-4-9(2)29-14(26)8-5-11-10(3)16(27)25(17(11)28)24-13-7-6-12(15(19)23-13)18(20,21)22/h5-9,27-28H,4H2,1-3H3,(H,23,24). The van der Waals surface area contributed by atoms with Gasteiger partial charge in [0.1, 0.15) is 11.0 Å². The first-order valence-electron chi connectivity index (χ1n) is 8.48. The Morgan fingerprint density at radius 2 is 2.03 bits per heavy atom. The highest BCUT2D eigenvalue weighted by molar-refractivity contribution is 6.30. The lowest BCUT2D eigenvalue weighted by Gasteiger charge is -2.12. The monoisotopic (exact) mass is 433 g/mol. The predicted molar refractivity (Wildman–Crippen MR) is 101 cm³/mol. The lowest BCUT2D eigenvalue weighted by molar-refractivity contribution is -0.142. The average molecular weight is 434 g/mol. The first kappa shape index (κ1) is 22.4. The van der Waals surface area contributed by atoms with E-state index < -0.39 is 34.6 Å². The number of pyridine rings is 1. The van der Waals surface area contributed by atoms with Crippen LogP contribution in [0, 0.1) is 6.92 Å². The summed E-state index contributed by atoms with van der Waals surface area (Å²) in [5.74, 6) is -1.72. The van der Waals surface area contributed by atoms with E-state index in [0.29, 0.717) is 12.5 Å². The summed E-state index contributed by atoms with van der Waals surface area (Å²) in [7, 11) is 0. The Kier molecular flexibility index (Phi) is 6.68. The summed E-state index contributed by atoms with van der Waals surface area (Å²) in [5, 5.41) is 19.8. The number of carbonyl (C=O) groups is 1. The molecule has 2 rings (SSSR count). The molecule has 158 valence electrons. The Morgan fingerprint density at radius 1 is 1.38 bits per heavy atom. The van der Waals surface area contributed by atoms with Crippen molar-refractivity contribution >= 4 is 29.5 Å². The maximum atomic E-state index is 12.8. The molecule has 7 nitrogen and oxygen atoms in total. The van der Waals surface area contributed by atoms with E-state index in [0.717, 1.165) is 16.8 Å². The minimum Gasteiger partial charge on any atom is -0.493 e. The maximum absolute atomic E-state index is 12.8. The fourth-order valence-electron chi connectivity index (χ4n) is 2.28. The van der Waals surface area contributed by atoms with Crippen molar-refractivity contribution < 1.29 is 32.9 Å². The van der Waals surface area contributed by atoms with Gasteiger partial charge in [-0.1, -0.05) is 18.5 Å². The third-order valence-electron chi connectivity index (χ3n) is 4.06. The molecule has 2 aromatic heterocycles. The summed E-state index contributed by atoms with van der Waals surface area (Å²) in [5.41, 5.74) is 1.65. The van der Waals surface area contributed by atoms with E-state index in [2.05, 4.69) is 10.4 Å². The minimum absolute atomic E-state index is 0.106. The Morgan fingerprint density at radius 3 is 2.59 bits per heavy atom. The van der Waals surface area contributed by atoms with Gasteiger partial charge >= 0.3 is 12.1 Å². The smallest absolute Gasteiger partial charge is 0.419 e. The first-order valence-corrected chi connectivity index (χ1v) is 8.86. The van der Waals surface area contributed by atoms with E-state index >= 15 is 0 Å². The zero-order valence-corrected chi connectivity index (χ0v) is 16.5. The van der Waals surface area contributed by atoms with E-state index in [4.69, 9.17) is 16.3 Å². The van der Waals surface area contributed by atoms with Gasteiger partial charge in [-0.2, -0.15) is 17.8 Å². The molecule has 29 heavy (non-hydrogen) atoms. The van der Waals surface area contributed by atoms with Gasteiger partial charge in [0.2, 0.25) is 11.8 Å². The molecule has 0 aliphatic heterocycles. The number of carbonyl (C=O) groups excluding carboxylic acids is 1. The number of rotatable bonds is 6. The van der Waals surface area contributed by atoms with Crippen molar-refractivity contribution in [3.05, 3.63) is 40.1 Å². The van der Waals surface area contributed by atoms with Crippen LogP contribution in [0.2, 0.25) is 5.15 Å². The number of hydrogen-bond donors (Lipinski definition) is 3. The third-order valence-corrected chi connectivity index (χ3v) is 4.35. The molecule has 0 saturated carbocycles. The van der Waals surface area contributed by atoms with Crippen LogP contribution in [-0.4, -0.2) is 31.9 Å². The van der Waals surface area contributed by atoms with Crippen LogP contribution in [0.25, 0.3) is 6.08 Å². The summed E-state index contributed by atoms with van der Waals surface area (Å²) in [6, 6.07) is 1.70. The predicted octanol–water partition coefficient (Wildman–Crippen LogP) is 4.51. The van der Waals surface area contributed by atoms with Gasteiger partial charge in [-0.25, -0.2) is 9.78 Å². The minimum atomic E-state index is -4.67. The van der Waals surface area contributed by atoms with Gasteiger partial charge in [0.25, 0.3) is 0 Å². The van der Waals surface area contributed by atoms with Gasteiger partial charge in [-0.15, -0.1) is 0 Å². The molecule has 3 N–H and O–H groups in total. The molecular weight excluding hydrogens is 415 g/mol. The van der Waals surface area contributed by atoms with Gasteiger partial charge in [0.15, 0.2) is 0 Å². The zero-order valence-electron chi connectivity index (χ0n) is 15.7. The fraction of sp³-hybridized carbons (Fsp3) is 0.333. The summed E-state index contributed by atoms with van der Waals surface area (Å²) in [6.07, 6.45) is -1.98. The number of halogens is 4. The van der Waals surface area contributed by atoms with Gasteiger partial charge in [-0.3, -0.25) is 5.43 Å². The van der Waals surface area contributed by atoms with Gasteiger partial charge in [0, 0.05) is 17.2 Å². The molecule has 2 aromatic rings. The molecule has 0 aliphatic carbocycles. The van der Waals surface area contributed by atoms with E-state index in [1.165, 1.54) is 13.0 Å². The summed E-state index contributed by atoms with van der Waals surface area (Å²) in [4.78, 5) is 15.3. The molecule has 0 aromatic carbocycles. The van der Waals surface area contributed by atoms with Crippen LogP contribution in [0.4, 0.5) is 19.0 Å². The Labute approximate surface area is 169 Å². The molecule has 0 fully saturated rings. The van der Waals surface area contributed by atoms with Crippen molar-refractivity contribution in [1.82, 2.24) is 9.66 Å². The summed E-state index contributed by atoms with van der Waals surface area (Å²) in [6.45, 7) is 5.05. The number of nitrogens with zero attached hydrogens (tertiary/aromatic N) is 2. The highest BCUT2D eigenvalue weighted by atomic mass is 35.5. The largest absolute Gasteiger partial charge is 0.493 e. The van der Waals surface area contributed by atoms with Gasteiger partial charge < -0.3 is 14.9 Å². The van der Waals surface area contributed by atoms with E-state index in [1.807, 2.05) is 6.92 Å². The molecule has 0 bridgehead atoms. The highest BCUT2D eigenvalue weighted by Gasteiger charge is 2.34. The topological polar surface area (TPSA) is 96.6 Å². The molecule has 2 heterocycles. The summed E-state index contributed by atoms with van der Waals surface area (Å²) < 4.78 is 44.2. The van der Waals surface area contributed by atoms with Gasteiger partial charge in [-0.05, 0) is 38.5 Å². The van der Waals surface area contributed by atoms with Crippen LogP contribution in [0.15, 0.2) is 18.2 Å². The molecule has 0 saturated heterocycles. The number of esters is 1. The first-order chi connectivity index (χ1) is 13.5. The fourth-order valence-corrected chi connectivity index (χ4v) is 2.54. The molecule has 1 unspecified atom stereocenters. The molecule has 0 radical (unpaired) electrons. The number of alkyl halides is 3. The molecule has 0 aliphatic rings. The maximum Gasteiger partial charge on any atom is 0.419 e.